The normalized spacial score (nSPS) is 25.5. The zero-order chi connectivity index (χ0) is 24.5. The molecule has 0 aromatic heterocycles. The number of imide groups is 1. The van der Waals surface area contributed by atoms with Gasteiger partial charge in [0, 0.05) is 18.2 Å². The predicted molar refractivity (Wildman–Crippen MR) is 121 cm³/mol. The average molecular weight is 474 g/mol. The number of benzene rings is 1. The molecule has 0 bridgehead atoms. The van der Waals surface area contributed by atoms with Crippen molar-refractivity contribution >= 4 is 29.5 Å². The minimum absolute atomic E-state index is 0.109. The van der Waals surface area contributed by atoms with Gasteiger partial charge in [0.15, 0.2) is 18.1 Å². The van der Waals surface area contributed by atoms with E-state index in [1.165, 1.54) is 0 Å². The number of carbonyl (C=O) groups excluding carboxylic acids is 4. The number of anilines is 1. The number of fused-ring (bicyclic) bond motifs is 1. The first-order chi connectivity index (χ1) is 16.1. The topological polar surface area (TPSA) is 123 Å². The summed E-state index contributed by atoms with van der Waals surface area (Å²) >= 11 is 0. The summed E-state index contributed by atoms with van der Waals surface area (Å²) in [6.45, 7) is 6.18. The molecule has 2 aliphatic heterocycles. The molecule has 1 saturated carbocycles. The van der Waals surface area contributed by atoms with Crippen molar-refractivity contribution in [1.29, 1.82) is 0 Å². The van der Waals surface area contributed by atoms with E-state index in [0.717, 1.165) is 17.7 Å². The molecular weight excluding hydrogens is 442 g/mol. The molecule has 4 rings (SSSR count). The van der Waals surface area contributed by atoms with Crippen LogP contribution in [0, 0.1) is 11.3 Å². The molecular formula is C24H31N3O7. The van der Waals surface area contributed by atoms with Crippen LogP contribution < -0.4 is 20.1 Å². The standard InChI is InChI=1S/C24H31N3O7/c1-15-10-23(2,3)14-24(11-15)21(30)27(22(31)26-24)12-20(29)34-13-19(28)25-16-5-6-17-18(9-16)33-8-4-7-32-17/h5-6,9,15H,4,7-8,10-14H2,1-3H3,(H,25,28)(H,26,31). The fourth-order valence-electron chi connectivity index (χ4n) is 5.41. The largest absolute Gasteiger partial charge is 0.490 e. The molecule has 0 radical (unpaired) electrons. The number of hydrogen-bond acceptors (Lipinski definition) is 7. The first kappa shape index (κ1) is 23.8. The molecule has 2 N–H and O–H groups in total. The monoisotopic (exact) mass is 473 g/mol. The highest BCUT2D eigenvalue weighted by atomic mass is 16.5. The smallest absolute Gasteiger partial charge is 0.326 e. The lowest BCUT2D eigenvalue weighted by Gasteiger charge is -2.43. The quantitative estimate of drug-likeness (QED) is 0.497. The second-order valence-corrected chi connectivity index (χ2v) is 10.2. The third-order valence-corrected chi connectivity index (χ3v) is 6.31. The van der Waals surface area contributed by atoms with Gasteiger partial charge < -0.3 is 24.8 Å². The molecule has 2 fully saturated rings. The van der Waals surface area contributed by atoms with Gasteiger partial charge in [-0.3, -0.25) is 19.3 Å². The van der Waals surface area contributed by atoms with Gasteiger partial charge in [0.1, 0.15) is 12.1 Å². The summed E-state index contributed by atoms with van der Waals surface area (Å²) in [5, 5.41) is 5.44. The van der Waals surface area contributed by atoms with Crippen LogP contribution in [0.5, 0.6) is 11.5 Å². The Morgan fingerprint density at radius 3 is 2.65 bits per heavy atom. The van der Waals surface area contributed by atoms with E-state index in [4.69, 9.17) is 14.2 Å². The van der Waals surface area contributed by atoms with Crippen LogP contribution in [0.2, 0.25) is 0 Å². The van der Waals surface area contributed by atoms with Gasteiger partial charge in [-0.05, 0) is 42.7 Å². The van der Waals surface area contributed by atoms with Gasteiger partial charge in [0.2, 0.25) is 0 Å². The number of urea groups is 1. The number of nitrogens with one attached hydrogen (secondary N) is 2. The predicted octanol–water partition coefficient (Wildman–Crippen LogP) is 2.47. The highest BCUT2D eigenvalue weighted by molar-refractivity contribution is 6.09. The molecule has 10 nitrogen and oxygen atoms in total. The Balaban J connectivity index is 1.30. The summed E-state index contributed by atoms with van der Waals surface area (Å²) in [5.41, 5.74) is -0.634. The van der Waals surface area contributed by atoms with E-state index in [-0.39, 0.29) is 11.3 Å². The second kappa shape index (κ2) is 9.15. The van der Waals surface area contributed by atoms with E-state index >= 15 is 0 Å². The lowest BCUT2D eigenvalue weighted by Crippen LogP contribution is -2.54. The van der Waals surface area contributed by atoms with Gasteiger partial charge in [-0.1, -0.05) is 20.8 Å². The number of rotatable bonds is 5. The summed E-state index contributed by atoms with van der Waals surface area (Å²) < 4.78 is 16.2. The lowest BCUT2D eigenvalue weighted by molar-refractivity contribution is -0.150. The minimum Gasteiger partial charge on any atom is -0.490 e. The second-order valence-electron chi connectivity index (χ2n) is 10.2. The van der Waals surface area contributed by atoms with Gasteiger partial charge in [-0.25, -0.2) is 4.79 Å². The fourth-order valence-corrected chi connectivity index (χ4v) is 5.41. The van der Waals surface area contributed by atoms with Crippen LogP contribution in [0.3, 0.4) is 0 Å². The summed E-state index contributed by atoms with van der Waals surface area (Å²) in [7, 11) is 0. The third-order valence-electron chi connectivity index (χ3n) is 6.31. The van der Waals surface area contributed by atoms with E-state index in [1.54, 1.807) is 18.2 Å². The van der Waals surface area contributed by atoms with Crippen LogP contribution >= 0.6 is 0 Å². The van der Waals surface area contributed by atoms with Crippen molar-refractivity contribution in [2.75, 3.05) is 31.7 Å². The summed E-state index contributed by atoms with van der Waals surface area (Å²) in [6, 6.07) is 4.39. The third kappa shape index (κ3) is 5.10. The highest BCUT2D eigenvalue weighted by Gasteiger charge is 2.56. The molecule has 1 aromatic rings. The fraction of sp³-hybridized carbons (Fsp3) is 0.583. The van der Waals surface area contributed by atoms with E-state index in [1.807, 2.05) is 0 Å². The number of esters is 1. The summed E-state index contributed by atoms with van der Waals surface area (Å²) in [4.78, 5) is 51.1. The average Bonchev–Trinajstić information content (AvgIpc) is 2.90. The molecule has 1 aliphatic carbocycles. The van der Waals surface area contributed by atoms with Crippen LogP contribution in [0.4, 0.5) is 10.5 Å². The van der Waals surface area contributed by atoms with E-state index in [0.29, 0.717) is 43.2 Å². The Morgan fingerprint density at radius 1 is 1.18 bits per heavy atom. The summed E-state index contributed by atoms with van der Waals surface area (Å²) in [5.74, 6) is -0.417. The van der Waals surface area contributed by atoms with Crippen LogP contribution in [0.1, 0.15) is 46.5 Å². The van der Waals surface area contributed by atoms with E-state index in [2.05, 4.69) is 31.4 Å². The molecule has 34 heavy (non-hydrogen) atoms. The SMILES string of the molecule is CC1CC(C)(C)CC2(C1)NC(=O)N(CC(=O)OCC(=O)Nc1ccc3c(c1)OCCCO3)C2=O. The van der Waals surface area contributed by atoms with Crippen LogP contribution in [-0.2, 0) is 19.1 Å². The number of hydrogen-bond donors (Lipinski definition) is 2. The molecule has 184 valence electrons. The van der Waals surface area contributed by atoms with Gasteiger partial charge in [-0.2, -0.15) is 0 Å². The van der Waals surface area contributed by atoms with Crippen LogP contribution in [0.15, 0.2) is 18.2 Å². The van der Waals surface area contributed by atoms with Gasteiger partial charge in [0.05, 0.1) is 13.2 Å². The molecule has 3 aliphatic rings. The number of nitrogens with zero attached hydrogens (tertiary/aromatic N) is 1. The van der Waals surface area contributed by atoms with E-state index < -0.39 is 42.5 Å². The Kier molecular flexibility index (Phi) is 6.42. The Morgan fingerprint density at radius 2 is 1.91 bits per heavy atom. The maximum atomic E-state index is 13.1. The van der Waals surface area contributed by atoms with Crippen LogP contribution in [0.25, 0.3) is 0 Å². The molecule has 10 heteroatoms. The Bertz CT molecular complexity index is 1010. The van der Waals surface area contributed by atoms with Crippen molar-refractivity contribution in [1.82, 2.24) is 10.2 Å². The van der Waals surface area contributed by atoms with Gasteiger partial charge >= 0.3 is 12.0 Å². The highest BCUT2D eigenvalue weighted by Crippen LogP contribution is 2.46. The molecule has 1 aromatic carbocycles. The van der Waals surface area contributed by atoms with Gasteiger partial charge in [0.25, 0.3) is 11.8 Å². The van der Waals surface area contributed by atoms with Crippen molar-refractivity contribution in [3.63, 3.8) is 0 Å². The van der Waals surface area contributed by atoms with Crippen molar-refractivity contribution in [3.8, 4) is 11.5 Å². The van der Waals surface area contributed by atoms with Crippen molar-refractivity contribution < 1.29 is 33.4 Å². The number of carbonyl (C=O) groups is 4. The molecule has 1 spiro atoms. The molecule has 2 atom stereocenters. The van der Waals surface area contributed by atoms with Crippen molar-refractivity contribution in [2.24, 2.45) is 11.3 Å². The van der Waals surface area contributed by atoms with Crippen molar-refractivity contribution in [2.45, 2.75) is 52.0 Å². The number of ether oxygens (including phenoxy) is 3. The van der Waals surface area contributed by atoms with E-state index in [9.17, 15) is 19.2 Å². The summed E-state index contributed by atoms with van der Waals surface area (Å²) in [6.07, 6.45) is 2.77. The molecule has 2 heterocycles. The lowest BCUT2D eigenvalue weighted by atomic mass is 9.64. The maximum Gasteiger partial charge on any atom is 0.326 e. The first-order valence-electron chi connectivity index (χ1n) is 11.6. The zero-order valence-electron chi connectivity index (χ0n) is 19.8. The van der Waals surface area contributed by atoms with Crippen LogP contribution in [-0.4, -0.2) is 60.6 Å². The first-order valence-corrected chi connectivity index (χ1v) is 11.6. The molecule has 4 amide bonds. The molecule has 2 unspecified atom stereocenters. The maximum absolute atomic E-state index is 13.1. The van der Waals surface area contributed by atoms with Gasteiger partial charge in [-0.15, -0.1) is 0 Å². The zero-order valence-corrected chi connectivity index (χ0v) is 19.8. The Labute approximate surface area is 198 Å². The molecule has 1 saturated heterocycles. The Hall–Kier alpha value is -3.30. The minimum atomic E-state index is -0.993. The number of amides is 4. The van der Waals surface area contributed by atoms with Crippen molar-refractivity contribution in [3.05, 3.63) is 18.2 Å².